The predicted octanol–water partition coefficient (Wildman–Crippen LogP) is 3.45. The van der Waals surface area contributed by atoms with E-state index in [1.54, 1.807) is 17.0 Å². The Hall–Kier alpha value is -2.19. The first kappa shape index (κ1) is 19.6. The van der Waals surface area contributed by atoms with Gasteiger partial charge in [0.1, 0.15) is 5.75 Å². The van der Waals surface area contributed by atoms with E-state index in [9.17, 15) is 13.2 Å². The Morgan fingerprint density at radius 2 is 1.85 bits per heavy atom. The fraction of sp³-hybridized carbons (Fsp3) is 0.316. The van der Waals surface area contributed by atoms with E-state index in [0.29, 0.717) is 24.5 Å². The van der Waals surface area contributed by atoms with Crippen molar-refractivity contribution in [1.82, 2.24) is 4.90 Å². The van der Waals surface area contributed by atoms with Crippen molar-refractivity contribution in [1.29, 1.82) is 0 Å². The van der Waals surface area contributed by atoms with Crippen LogP contribution in [0.15, 0.2) is 52.3 Å². The number of ether oxygens (including phenoxy) is 1. The van der Waals surface area contributed by atoms with Crippen LogP contribution in [0, 0.1) is 0 Å². The minimum atomic E-state index is -3.84. The number of likely N-dealkylation sites (tertiary alicyclic amines) is 1. The fourth-order valence-corrected chi connectivity index (χ4v) is 4.77. The normalized spacial score (nSPS) is 14.2. The number of sulfonamides is 1. The first-order chi connectivity index (χ1) is 13.0. The van der Waals surface area contributed by atoms with Gasteiger partial charge in [-0.05, 0) is 49.4 Å². The molecule has 1 fully saturated rings. The second-order valence-corrected chi connectivity index (χ2v) is 8.70. The minimum Gasteiger partial charge on any atom is -0.496 e. The van der Waals surface area contributed by atoms with Gasteiger partial charge in [-0.2, -0.15) is 0 Å². The SMILES string of the molecule is COc1ccc(S(=O)(=O)Nc2ccccc2SC)cc1C(=O)N1CCCC1. The summed E-state index contributed by atoms with van der Waals surface area (Å²) >= 11 is 1.45. The molecule has 0 aliphatic carbocycles. The number of carbonyl (C=O) groups is 1. The van der Waals surface area contributed by atoms with Crippen molar-refractivity contribution >= 4 is 33.4 Å². The lowest BCUT2D eigenvalue weighted by atomic mass is 10.1. The molecule has 0 radical (unpaired) electrons. The van der Waals surface area contributed by atoms with Crippen LogP contribution >= 0.6 is 11.8 Å². The zero-order valence-corrected chi connectivity index (χ0v) is 16.9. The van der Waals surface area contributed by atoms with Gasteiger partial charge in [-0.3, -0.25) is 9.52 Å². The van der Waals surface area contributed by atoms with Crippen LogP contribution < -0.4 is 9.46 Å². The Balaban J connectivity index is 1.95. The predicted molar refractivity (Wildman–Crippen MR) is 107 cm³/mol. The van der Waals surface area contributed by atoms with Crippen molar-refractivity contribution in [3.63, 3.8) is 0 Å². The Kier molecular flexibility index (Phi) is 5.96. The maximum Gasteiger partial charge on any atom is 0.261 e. The van der Waals surface area contributed by atoms with Crippen molar-refractivity contribution in [2.45, 2.75) is 22.6 Å². The quantitative estimate of drug-likeness (QED) is 0.744. The maximum atomic E-state index is 12.9. The number of nitrogens with one attached hydrogen (secondary N) is 1. The summed E-state index contributed by atoms with van der Waals surface area (Å²) in [4.78, 5) is 15.4. The van der Waals surface area contributed by atoms with Gasteiger partial charge in [-0.25, -0.2) is 8.42 Å². The number of nitrogens with zero attached hydrogens (tertiary/aromatic N) is 1. The molecule has 3 rings (SSSR count). The van der Waals surface area contributed by atoms with Crippen molar-refractivity contribution in [2.24, 2.45) is 0 Å². The number of carbonyl (C=O) groups excluding carboxylic acids is 1. The smallest absolute Gasteiger partial charge is 0.261 e. The van der Waals surface area contributed by atoms with Crippen LogP contribution in [-0.2, 0) is 10.0 Å². The van der Waals surface area contributed by atoms with Gasteiger partial charge in [-0.15, -0.1) is 11.8 Å². The largest absolute Gasteiger partial charge is 0.496 e. The van der Waals surface area contributed by atoms with Crippen molar-refractivity contribution in [3.8, 4) is 5.75 Å². The molecule has 0 aromatic heterocycles. The van der Waals surface area contributed by atoms with Crippen molar-refractivity contribution < 1.29 is 17.9 Å². The summed E-state index contributed by atoms with van der Waals surface area (Å²) in [6.45, 7) is 1.36. The van der Waals surface area contributed by atoms with Crippen LogP contribution in [0.4, 0.5) is 5.69 Å². The summed E-state index contributed by atoms with van der Waals surface area (Å²) in [5.74, 6) is 0.168. The van der Waals surface area contributed by atoms with E-state index in [0.717, 1.165) is 17.7 Å². The Labute approximate surface area is 164 Å². The maximum absolute atomic E-state index is 12.9. The van der Waals surface area contributed by atoms with Gasteiger partial charge >= 0.3 is 0 Å². The molecule has 1 heterocycles. The first-order valence-corrected chi connectivity index (χ1v) is 11.3. The first-order valence-electron chi connectivity index (χ1n) is 8.59. The van der Waals surface area contributed by atoms with Crippen LogP contribution in [0.5, 0.6) is 5.75 Å². The highest BCUT2D eigenvalue weighted by molar-refractivity contribution is 7.99. The number of thioether (sulfide) groups is 1. The monoisotopic (exact) mass is 406 g/mol. The third kappa shape index (κ3) is 4.22. The molecule has 144 valence electrons. The van der Waals surface area contributed by atoms with E-state index in [-0.39, 0.29) is 16.4 Å². The van der Waals surface area contributed by atoms with E-state index in [2.05, 4.69) is 4.72 Å². The number of para-hydroxylation sites is 1. The van der Waals surface area contributed by atoms with Crippen LogP contribution in [-0.4, -0.2) is 45.7 Å². The molecule has 27 heavy (non-hydrogen) atoms. The molecular formula is C19H22N2O4S2. The lowest BCUT2D eigenvalue weighted by Crippen LogP contribution is -2.28. The molecule has 0 spiro atoms. The lowest BCUT2D eigenvalue weighted by molar-refractivity contribution is 0.0789. The Morgan fingerprint density at radius 1 is 1.15 bits per heavy atom. The Bertz CT molecular complexity index is 938. The second kappa shape index (κ2) is 8.22. The lowest BCUT2D eigenvalue weighted by Gasteiger charge is -2.18. The molecule has 0 saturated carbocycles. The van der Waals surface area contributed by atoms with E-state index < -0.39 is 10.0 Å². The Morgan fingerprint density at radius 3 is 2.52 bits per heavy atom. The zero-order chi connectivity index (χ0) is 19.4. The third-order valence-electron chi connectivity index (χ3n) is 4.46. The van der Waals surface area contributed by atoms with Gasteiger partial charge in [0.25, 0.3) is 15.9 Å². The topological polar surface area (TPSA) is 75.7 Å². The van der Waals surface area contributed by atoms with Gasteiger partial charge in [0.05, 0.1) is 23.3 Å². The zero-order valence-electron chi connectivity index (χ0n) is 15.3. The number of anilines is 1. The molecular weight excluding hydrogens is 384 g/mol. The number of benzene rings is 2. The highest BCUT2D eigenvalue weighted by atomic mass is 32.2. The van der Waals surface area contributed by atoms with Crippen LogP contribution in [0.2, 0.25) is 0 Å². The summed E-state index contributed by atoms with van der Waals surface area (Å²) in [6, 6.07) is 11.5. The summed E-state index contributed by atoms with van der Waals surface area (Å²) in [7, 11) is -2.37. The van der Waals surface area contributed by atoms with Gasteiger partial charge in [-0.1, -0.05) is 12.1 Å². The van der Waals surface area contributed by atoms with E-state index in [1.807, 2.05) is 18.4 Å². The molecule has 0 atom stereocenters. The van der Waals surface area contributed by atoms with Crippen molar-refractivity contribution in [2.75, 3.05) is 31.2 Å². The summed E-state index contributed by atoms with van der Waals surface area (Å²) in [6.07, 6.45) is 3.80. The van der Waals surface area contributed by atoms with Crippen LogP contribution in [0.25, 0.3) is 0 Å². The number of hydrogen-bond donors (Lipinski definition) is 1. The van der Waals surface area contributed by atoms with Crippen molar-refractivity contribution in [3.05, 3.63) is 48.0 Å². The molecule has 1 aliphatic rings. The van der Waals surface area contributed by atoms with E-state index in [4.69, 9.17) is 4.74 Å². The summed E-state index contributed by atoms with van der Waals surface area (Å²) < 4.78 is 33.7. The molecule has 6 nitrogen and oxygen atoms in total. The summed E-state index contributed by atoms with van der Waals surface area (Å²) in [5, 5.41) is 0. The van der Waals surface area contributed by atoms with E-state index in [1.165, 1.54) is 37.1 Å². The molecule has 8 heteroatoms. The molecule has 2 aromatic carbocycles. The number of rotatable bonds is 6. The van der Waals surface area contributed by atoms with Gasteiger partial charge in [0.2, 0.25) is 0 Å². The molecule has 1 N–H and O–H groups in total. The minimum absolute atomic E-state index is 0.0294. The van der Waals surface area contributed by atoms with Crippen LogP contribution in [0.3, 0.4) is 0 Å². The second-order valence-electron chi connectivity index (χ2n) is 6.17. The van der Waals surface area contributed by atoms with Gasteiger partial charge in [0.15, 0.2) is 0 Å². The highest BCUT2D eigenvalue weighted by Crippen LogP contribution is 2.29. The highest BCUT2D eigenvalue weighted by Gasteiger charge is 2.25. The van der Waals surface area contributed by atoms with Gasteiger partial charge < -0.3 is 9.64 Å². The van der Waals surface area contributed by atoms with Crippen LogP contribution in [0.1, 0.15) is 23.2 Å². The molecule has 1 saturated heterocycles. The molecule has 1 aliphatic heterocycles. The summed E-state index contributed by atoms with van der Waals surface area (Å²) in [5.41, 5.74) is 0.772. The number of methoxy groups -OCH3 is 1. The molecule has 0 bridgehead atoms. The average molecular weight is 407 g/mol. The number of amides is 1. The van der Waals surface area contributed by atoms with E-state index >= 15 is 0 Å². The third-order valence-corrected chi connectivity index (χ3v) is 6.62. The molecule has 0 unspecified atom stereocenters. The fourth-order valence-electron chi connectivity index (χ4n) is 3.04. The molecule has 2 aromatic rings. The number of hydrogen-bond acceptors (Lipinski definition) is 5. The molecule has 1 amide bonds. The standard InChI is InChI=1S/C19H22N2O4S2/c1-25-17-10-9-14(13-15(17)19(22)21-11-5-6-12-21)27(23,24)20-16-7-3-4-8-18(16)26-2/h3-4,7-10,13,20H,5-6,11-12H2,1-2H3. The van der Waals surface area contributed by atoms with Gasteiger partial charge in [0, 0.05) is 18.0 Å². The average Bonchev–Trinajstić information content (AvgIpc) is 3.22.